The van der Waals surface area contributed by atoms with Crippen LogP contribution in [0, 0.1) is 0 Å². The lowest BCUT2D eigenvalue weighted by Gasteiger charge is -2.20. The van der Waals surface area contributed by atoms with Gasteiger partial charge in [0.25, 0.3) is 0 Å². The smallest absolute Gasteiger partial charge is 0.0293 e. The Hall–Kier alpha value is -1.18. The van der Waals surface area contributed by atoms with Gasteiger partial charge in [0, 0.05) is 24.5 Å². The fourth-order valence-corrected chi connectivity index (χ4v) is 1.02. The summed E-state index contributed by atoms with van der Waals surface area (Å²) in [4.78, 5) is 2.18. The molecule has 0 aromatic carbocycles. The maximum atomic E-state index is 5.62. The van der Waals surface area contributed by atoms with Crippen LogP contribution in [0.15, 0.2) is 36.2 Å². The van der Waals surface area contributed by atoms with E-state index in [-0.39, 0.29) is 0 Å². The molecule has 0 spiro atoms. The average molecular weight is 180 g/mol. The molecule has 0 aromatic rings. The van der Waals surface area contributed by atoms with Crippen molar-refractivity contribution in [3.05, 3.63) is 36.2 Å². The molecule has 0 aliphatic heterocycles. The molecule has 0 saturated carbocycles. The van der Waals surface area contributed by atoms with Gasteiger partial charge in [-0.15, -0.1) is 0 Å². The van der Waals surface area contributed by atoms with Gasteiger partial charge >= 0.3 is 0 Å². The Morgan fingerprint density at radius 1 is 1.31 bits per heavy atom. The summed E-state index contributed by atoms with van der Waals surface area (Å²) < 4.78 is 0. The van der Waals surface area contributed by atoms with Gasteiger partial charge in [0.15, 0.2) is 0 Å². The fraction of sp³-hybridized carbons (Fsp3) is 0.455. The molecule has 13 heavy (non-hydrogen) atoms. The van der Waals surface area contributed by atoms with E-state index >= 15 is 0 Å². The Morgan fingerprint density at radius 3 is 2.23 bits per heavy atom. The molecule has 2 nitrogen and oxygen atoms in total. The summed E-state index contributed by atoms with van der Waals surface area (Å²) in [6.07, 6.45) is 5.69. The molecular weight excluding hydrogens is 160 g/mol. The molecule has 0 fully saturated rings. The van der Waals surface area contributed by atoms with Gasteiger partial charge in [0.2, 0.25) is 0 Å². The van der Waals surface area contributed by atoms with Crippen molar-refractivity contribution in [3.63, 3.8) is 0 Å². The number of nitrogens with zero attached hydrogens (tertiary/aromatic N) is 1. The van der Waals surface area contributed by atoms with E-state index in [1.165, 1.54) is 0 Å². The topological polar surface area (TPSA) is 29.3 Å². The second kappa shape index (κ2) is 6.35. The number of hydrogen-bond donors (Lipinski definition) is 1. The van der Waals surface area contributed by atoms with E-state index in [0.29, 0.717) is 0 Å². The zero-order valence-electron chi connectivity index (χ0n) is 8.88. The van der Waals surface area contributed by atoms with Crippen LogP contribution in [0.3, 0.4) is 0 Å². The lowest BCUT2D eigenvalue weighted by atomic mass is 10.3. The highest BCUT2D eigenvalue weighted by molar-refractivity contribution is 5.23. The van der Waals surface area contributed by atoms with Gasteiger partial charge in [-0.1, -0.05) is 12.7 Å². The summed E-state index contributed by atoms with van der Waals surface area (Å²) >= 11 is 0. The molecule has 74 valence electrons. The van der Waals surface area contributed by atoms with Crippen LogP contribution in [-0.4, -0.2) is 18.0 Å². The molecule has 0 atom stereocenters. The van der Waals surface area contributed by atoms with Crippen molar-refractivity contribution in [3.8, 4) is 0 Å². The maximum absolute atomic E-state index is 5.62. The highest BCUT2D eigenvalue weighted by Crippen LogP contribution is 2.03. The average Bonchev–Trinajstić information content (AvgIpc) is 2.16. The van der Waals surface area contributed by atoms with E-state index in [0.717, 1.165) is 24.5 Å². The van der Waals surface area contributed by atoms with E-state index in [1.807, 2.05) is 25.2 Å². The highest BCUT2D eigenvalue weighted by atomic mass is 15.1. The second-order valence-corrected chi connectivity index (χ2v) is 2.79. The first-order valence-corrected chi connectivity index (χ1v) is 4.69. The van der Waals surface area contributed by atoms with E-state index in [1.54, 1.807) is 0 Å². The molecule has 0 bridgehead atoms. The number of rotatable bonds is 5. The second-order valence-electron chi connectivity index (χ2n) is 2.79. The molecule has 0 aliphatic carbocycles. The Balaban J connectivity index is 4.20. The van der Waals surface area contributed by atoms with Crippen LogP contribution in [-0.2, 0) is 0 Å². The van der Waals surface area contributed by atoms with Crippen LogP contribution in [0.2, 0.25) is 0 Å². The van der Waals surface area contributed by atoms with Gasteiger partial charge < -0.3 is 10.6 Å². The van der Waals surface area contributed by atoms with Crippen molar-refractivity contribution in [2.45, 2.75) is 20.8 Å². The third kappa shape index (κ3) is 4.41. The highest BCUT2D eigenvalue weighted by Gasteiger charge is 1.97. The molecule has 0 rings (SSSR count). The summed E-state index contributed by atoms with van der Waals surface area (Å²) in [6, 6.07) is 0. The van der Waals surface area contributed by atoms with Crippen LogP contribution in [0.5, 0.6) is 0 Å². The molecule has 0 saturated heterocycles. The summed E-state index contributed by atoms with van der Waals surface area (Å²) in [7, 11) is 0. The van der Waals surface area contributed by atoms with E-state index in [2.05, 4.69) is 25.3 Å². The summed E-state index contributed by atoms with van der Waals surface area (Å²) in [6.45, 7) is 12.1. The number of allylic oxidation sites excluding steroid dienone is 3. The molecular formula is C11H20N2. The Bertz CT molecular complexity index is 210. The summed E-state index contributed by atoms with van der Waals surface area (Å²) in [5.41, 5.74) is 7.40. The largest absolute Gasteiger partial charge is 0.399 e. The minimum absolute atomic E-state index is 0.772. The zero-order valence-corrected chi connectivity index (χ0v) is 8.88. The van der Waals surface area contributed by atoms with Gasteiger partial charge in [-0.3, -0.25) is 0 Å². The Kier molecular flexibility index (Phi) is 5.77. The molecule has 2 N–H and O–H groups in total. The molecule has 2 heteroatoms. The van der Waals surface area contributed by atoms with Gasteiger partial charge in [-0.2, -0.15) is 0 Å². The van der Waals surface area contributed by atoms with Gasteiger partial charge in [0.05, 0.1) is 0 Å². The van der Waals surface area contributed by atoms with Gasteiger partial charge in [0.1, 0.15) is 0 Å². The molecule has 0 aliphatic rings. The first-order chi connectivity index (χ1) is 6.15. The van der Waals surface area contributed by atoms with E-state index in [4.69, 9.17) is 5.73 Å². The Morgan fingerprint density at radius 2 is 1.85 bits per heavy atom. The van der Waals surface area contributed by atoms with Crippen LogP contribution in [0.1, 0.15) is 20.8 Å². The van der Waals surface area contributed by atoms with Crippen molar-refractivity contribution in [2.24, 2.45) is 5.73 Å². The lowest BCUT2D eigenvalue weighted by molar-refractivity contribution is 0.396. The minimum atomic E-state index is 0.772. The predicted molar refractivity (Wildman–Crippen MR) is 59.1 cm³/mol. The monoisotopic (exact) mass is 180 g/mol. The molecule has 0 aromatic heterocycles. The third-order valence-electron chi connectivity index (χ3n) is 1.97. The van der Waals surface area contributed by atoms with Gasteiger partial charge in [-0.05, 0) is 32.9 Å². The third-order valence-corrected chi connectivity index (χ3v) is 1.97. The van der Waals surface area contributed by atoms with Gasteiger partial charge in [-0.25, -0.2) is 0 Å². The standard InChI is InChI=1S/C11H20N2/c1-5-11(12)9-8-10(4)13(6-2)7-3/h5,8-9H,4,6-7,12H2,1-3H3/b9-8-,11-5+. The fourth-order valence-electron chi connectivity index (χ4n) is 1.02. The van der Waals surface area contributed by atoms with E-state index < -0.39 is 0 Å². The predicted octanol–water partition coefficient (Wildman–Crippen LogP) is 2.26. The SMILES string of the molecule is C=C(/C=C\C(N)=C/C)N(CC)CC. The zero-order chi connectivity index (χ0) is 10.3. The van der Waals surface area contributed by atoms with E-state index in [9.17, 15) is 0 Å². The first kappa shape index (κ1) is 11.8. The van der Waals surface area contributed by atoms with Crippen molar-refractivity contribution < 1.29 is 0 Å². The van der Waals surface area contributed by atoms with Crippen LogP contribution in [0.4, 0.5) is 0 Å². The quantitative estimate of drug-likeness (QED) is 0.658. The number of nitrogens with two attached hydrogens (primary N) is 1. The lowest BCUT2D eigenvalue weighted by Crippen LogP contribution is -2.20. The van der Waals surface area contributed by atoms with Crippen LogP contribution in [0.25, 0.3) is 0 Å². The first-order valence-electron chi connectivity index (χ1n) is 4.69. The molecule has 0 amide bonds. The minimum Gasteiger partial charge on any atom is -0.399 e. The van der Waals surface area contributed by atoms with Crippen molar-refractivity contribution >= 4 is 0 Å². The van der Waals surface area contributed by atoms with Crippen molar-refractivity contribution in [2.75, 3.05) is 13.1 Å². The van der Waals surface area contributed by atoms with Crippen LogP contribution >= 0.6 is 0 Å². The molecule has 0 unspecified atom stereocenters. The molecule has 0 radical (unpaired) electrons. The van der Waals surface area contributed by atoms with Crippen LogP contribution < -0.4 is 5.73 Å². The number of hydrogen-bond acceptors (Lipinski definition) is 2. The Labute approximate surface area is 81.4 Å². The summed E-state index contributed by atoms with van der Waals surface area (Å²) in [5, 5.41) is 0. The van der Waals surface area contributed by atoms with Crippen molar-refractivity contribution in [1.82, 2.24) is 4.90 Å². The number of likely N-dealkylation sites (N-methyl/N-ethyl adjacent to an activating group) is 1. The van der Waals surface area contributed by atoms with Crippen molar-refractivity contribution in [1.29, 1.82) is 0 Å². The maximum Gasteiger partial charge on any atom is 0.0293 e. The summed E-state index contributed by atoms with van der Waals surface area (Å²) in [5.74, 6) is 0. The normalized spacial score (nSPS) is 12.1. The molecule has 0 heterocycles.